The molecule has 5 nitrogen and oxygen atoms in total. The van der Waals surface area contributed by atoms with E-state index in [0.717, 1.165) is 23.3 Å². The zero-order valence-corrected chi connectivity index (χ0v) is 14.0. The molecule has 0 heterocycles. The van der Waals surface area contributed by atoms with Gasteiger partial charge in [-0.1, -0.05) is 42.5 Å². The lowest BCUT2D eigenvalue weighted by molar-refractivity contribution is -0.137. The lowest BCUT2D eigenvalue weighted by Gasteiger charge is -2.17. The third kappa shape index (κ3) is 4.18. The molecule has 0 bridgehead atoms. The van der Waals surface area contributed by atoms with Crippen molar-refractivity contribution in [3.05, 3.63) is 65.7 Å². The van der Waals surface area contributed by atoms with Crippen LogP contribution in [-0.4, -0.2) is 24.1 Å². The average Bonchev–Trinajstić information content (AvgIpc) is 3.42. The van der Waals surface area contributed by atoms with Crippen molar-refractivity contribution in [1.29, 1.82) is 0 Å². The van der Waals surface area contributed by atoms with E-state index in [1.54, 1.807) is 7.11 Å². The molecular formula is C20H21NO4. The first-order chi connectivity index (χ1) is 12.1. The predicted octanol–water partition coefficient (Wildman–Crippen LogP) is 3.13. The molecule has 0 spiro atoms. The Kier molecular flexibility index (Phi) is 5.03. The van der Waals surface area contributed by atoms with E-state index in [-0.39, 0.29) is 24.2 Å². The zero-order chi connectivity index (χ0) is 17.8. The maximum atomic E-state index is 12.6. The molecule has 1 amide bonds. The third-order valence-electron chi connectivity index (χ3n) is 4.55. The van der Waals surface area contributed by atoms with Gasteiger partial charge in [0.15, 0.2) is 0 Å². The molecule has 3 unspecified atom stereocenters. The summed E-state index contributed by atoms with van der Waals surface area (Å²) in [6.45, 7) is 0. The minimum atomic E-state index is -0.936. The average molecular weight is 339 g/mol. The standard InChI is InChI=1S/C20H21NO4/c1-25-15-9-5-8-14(10-15)16-11-17(16)20(24)21-18(12-19(22)23)13-6-3-2-4-7-13/h2-10,16-18H,11-12H2,1H3,(H,21,24)(H,22,23). The summed E-state index contributed by atoms with van der Waals surface area (Å²) in [7, 11) is 1.62. The molecule has 2 aromatic carbocycles. The van der Waals surface area contributed by atoms with Crippen molar-refractivity contribution in [2.24, 2.45) is 5.92 Å². The Bertz CT molecular complexity index is 759. The van der Waals surface area contributed by atoms with Gasteiger partial charge in [-0.2, -0.15) is 0 Å². The van der Waals surface area contributed by atoms with Gasteiger partial charge < -0.3 is 15.2 Å². The van der Waals surface area contributed by atoms with E-state index in [9.17, 15) is 9.59 Å². The molecule has 0 aromatic heterocycles. The van der Waals surface area contributed by atoms with E-state index in [1.807, 2.05) is 54.6 Å². The molecule has 130 valence electrons. The first kappa shape index (κ1) is 17.0. The quantitative estimate of drug-likeness (QED) is 0.813. The Morgan fingerprint density at radius 1 is 1.20 bits per heavy atom. The molecule has 2 N–H and O–H groups in total. The Labute approximate surface area is 146 Å². The van der Waals surface area contributed by atoms with Crippen molar-refractivity contribution in [3.63, 3.8) is 0 Å². The van der Waals surface area contributed by atoms with Crippen LogP contribution in [0.2, 0.25) is 0 Å². The van der Waals surface area contributed by atoms with Crippen LogP contribution in [0.1, 0.15) is 35.9 Å². The lowest BCUT2D eigenvalue weighted by Crippen LogP contribution is -2.31. The SMILES string of the molecule is COc1cccc(C2CC2C(=O)NC(CC(=O)O)c2ccccc2)c1. The number of carboxylic acid groups (broad SMARTS) is 1. The van der Waals surface area contributed by atoms with E-state index in [4.69, 9.17) is 9.84 Å². The van der Waals surface area contributed by atoms with E-state index < -0.39 is 12.0 Å². The largest absolute Gasteiger partial charge is 0.497 e. The fourth-order valence-corrected chi connectivity index (χ4v) is 3.12. The van der Waals surface area contributed by atoms with Crippen molar-refractivity contribution in [2.45, 2.75) is 24.8 Å². The Hall–Kier alpha value is -2.82. The van der Waals surface area contributed by atoms with Crippen LogP contribution in [0.25, 0.3) is 0 Å². The fourth-order valence-electron chi connectivity index (χ4n) is 3.12. The van der Waals surface area contributed by atoms with Gasteiger partial charge in [-0.25, -0.2) is 0 Å². The number of ether oxygens (including phenoxy) is 1. The Morgan fingerprint density at radius 2 is 1.96 bits per heavy atom. The minimum Gasteiger partial charge on any atom is -0.497 e. The monoisotopic (exact) mass is 339 g/mol. The summed E-state index contributed by atoms with van der Waals surface area (Å²) >= 11 is 0. The molecule has 2 aromatic rings. The zero-order valence-electron chi connectivity index (χ0n) is 14.0. The summed E-state index contributed by atoms with van der Waals surface area (Å²) in [5.74, 6) is -0.211. The number of hydrogen-bond acceptors (Lipinski definition) is 3. The summed E-state index contributed by atoms with van der Waals surface area (Å²) in [5.41, 5.74) is 1.88. The molecule has 0 saturated heterocycles. The van der Waals surface area contributed by atoms with Gasteiger partial charge in [-0.05, 0) is 35.6 Å². The van der Waals surface area contributed by atoms with Gasteiger partial charge in [0.25, 0.3) is 0 Å². The highest BCUT2D eigenvalue weighted by molar-refractivity contribution is 5.84. The van der Waals surface area contributed by atoms with Crippen LogP contribution < -0.4 is 10.1 Å². The highest BCUT2D eigenvalue weighted by atomic mass is 16.5. The topological polar surface area (TPSA) is 75.6 Å². The number of carbonyl (C=O) groups is 2. The first-order valence-corrected chi connectivity index (χ1v) is 8.29. The Balaban J connectivity index is 1.67. The van der Waals surface area contributed by atoms with Crippen molar-refractivity contribution < 1.29 is 19.4 Å². The third-order valence-corrected chi connectivity index (χ3v) is 4.55. The van der Waals surface area contributed by atoms with Crippen LogP contribution in [0.3, 0.4) is 0 Å². The highest BCUT2D eigenvalue weighted by Crippen LogP contribution is 2.48. The summed E-state index contributed by atoms with van der Waals surface area (Å²) in [4.78, 5) is 23.7. The molecule has 5 heteroatoms. The van der Waals surface area contributed by atoms with Crippen LogP contribution in [-0.2, 0) is 9.59 Å². The second kappa shape index (κ2) is 7.38. The Morgan fingerprint density at radius 3 is 2.64 bits per heavy atom. The summed E-state index contributed by atoms with van der Waals surface area (Å²) in [5, 5.41) is 12.0. The first-order valence-electron chi connectivity index (χ1n) is 8.29. The number of nitrogens with one attached hydrogen (secondary N) is 1. The molecule has 1 saturated carbocycles. The second-order valence-corrected chi connectivity index (χ2v) is 6.30. The number of amides is 1. The van der Waals surface area contributed by atoms with Gasteiger partial charge in [-0.15, -0.1) is 0 Å². The van der Waals surface area contributed by atoms with Crippen LogP contribution in [0, 0.1) is 5.92 Å². The van der Waals surface area contributed by atoms with Crippen LogP contribution in [0.15, 0.2) is 54.6 Å². The van der Waals surface area contributed by atoms with E-state index in [2.05, 4.69) is 5.32 Å². The van der Waals surface area contributed by atoms with Crippen molar-refractivity contribution >= 4 is 11.9 Å². The van der Waals surface area contributed by atoms with Gasteiger partial charge in [0.1, 0.15) is 5.75 Å². The van der Waals surface area contributed by atoms with E-state index >= 15 is 0 Å². The fraction of sp³-hybridized carbons (Fsp3) is 0.300. The molecule has 0 radical (unpaired) electrons. The number of aliphatic carboxylic acids is 1. The highest BCUT2D eigenvalue weighted by Gasteiger charge is 2.44. The molecule has 1 aliphatic carbocycles. The maximum absolute atomic E-state index is 12.6. The second-order valence-electron chi connectivity index (χ2n) is 6.30. The summed E-state index contributed by atoms with van der Waals surface area (Å²) in [6, 6.07) is 16.4. The normalized spacial score (nSPS) is 19.7. The van der Waals surface area contributed by atoms with E-state index in [0.29, 0.717) is 0 Å². The number of rotatable bonds is 7. The smallest absolute Gasteiger partial charge is 0.305 e. The van der Waals surface area contributed by atoms with Gasteiger partial charge >= 0.3 is 5.97 Å². The molecule has 25 heavy (non-hydrogen) atoms. The van der Waals surface area contributed by atoms with Crippen LogP contribution in [0.4, 0.5) is 0 Å². The molecule has 1 aliphatic rings. The number of methoxy groups -OCH3 is 1. The molecular weight excluding hydrogens is 318 g/mol. The maximum Gasteiger partial charge on any atom is 0.305 e. The number of carboxylic acids is 1. The number of benzene rings is 2. The lowest BCUT2D eigenvalue weighted by atomic mass is 10.0. The van der Waals surface area contributed by atoms with Gasteiger partial charge in [0.2, 0.25) is 5.91 Å². The number of hydrogen-bond donors (Lipinski definition) is 2. The van der Waals surface area contributed by atoms with E-state index in [1.165, 1.54) is 0 Å². The van der Waals surface area contributed by atoms with Crippen LogP contribution in [0.5, 0.6) is 5.75 Å². The van der Waals surface area contributed by atoms with Gasteiger partial charge in [-0.3, -0.25) is 9.59 Å². The summed E-state index contributed by atoms with van der Waals surface area (Å²) in [6.07, 6.45) is 0.639. The van der Waals surface area contributed by atoms with Gasteiger partial charge in [0, 0.05) is 5.92 Å². The predicted molar refractivity (Wildman–Crippen MR) is 93.4 cm³/mol. The van der Waals surface area contributed by atoms with Gasteiger partial charge in [0.05, 0.1) is 19.6 Å². The molecule has 0 aliphatic heterocycles. The number of carbonyl (C=O) groups excluding carboxylic acids is 1. The van der Waals surface area contributed by atoms with Crippen molar-refractivity contribution in [1.82, 2.24) is 5.32 Å². The minimum absolute atomic E-state index is 0.0945. The summed E-state index contributed by atoms with van der Waals surface area (Å²) < 4.78 is 5.23. The molecule has 3 rings (SSSR count). The molecule has 3 atom stereocenters. The van der Waals surface area contributed by atoms with Crippen LogP contribution >= 0.6 is 0 Å². The van der Waals surface area contributed by atoms with Crippen molar-refractivity contribution in [3.8, 4) is 5.75 Å². The molecule has 1 fully saturated rings. The van der Waals surface area contributed by atoms with Crippen molar-refractivity contribution in [2.75, 3.05) is 7.11 Å².